The third-order valence-corrected chi connectivity index (χ3v) is 4.59. The number of hydrogen-bond donors (Lipinski definition) is 1. The summed E-state index contributed by atoms with van der Waals surface area (Å²) in [5.41, 5.74) is 7.07. The number of carbonyl (C=O) groups excluding carboxylic acids is 2. The molecular formula is C16H20N2O3. The smallest absolute Gasteiger partial charge is 0.237 e. The average molecular weight is 288 g/mol. The van der Waals surface area contributed by atoms with Gasteiger partial charge in [0.1, 0.15) is 5.75 Å². The molecule has 2 fully saturated rings. The Hall–Kier alpha value is -1.88. The standard InChI is InChI=1S/C16H20N2O3/c1-21-13-8-4-5-10(9-17)14(13)18-15(19)11-6-2-3-7-12(11)16(18)20/h4-5,8,11-12H,2-3,6-7,9,17H2,1H3. The minimum atomic E-state index is -0.165. The number of carbonyl (C=O) groups is 2. The number of amides is 2. The summed E-state index contributed by atoms with van der Waals surface area (Å²) in [4.78, 5) is 26.7. The first-order valence-electron chi connectivity index (χ1n) is 7.42. The average Bonchev–Trinajstić information content (AvgIpc) is 2.78. The Balaban J connectivity index is 2.08. The lowest BCUT2D eigenvalue weighted by molar-refractivity contribution is -0.122. The quantitative estimate of drug-likeness (QED) is 0.861. The van der Waals surface area contributed by atoms with Crippen molar-refractivity contribution in [2.24, 2.45) is 17.6 Å². The van der Waals surface area contributed by atoms with Gasteiger partial charge in [0.2, 0.25) is 11.8 Å². The number of rotatable bonds is 3. The van der Waals surface area contributed by atoms with E-state index in [0.717, 1.165) is 31.2 Å². The van der Waals surface area contributed by atoms with E-state index in [-0.39, 0.29) is 30.2 Å². The molecule has 2 aliphatic rings. The van der Waals surface area contributed by atoms with Crippen molar-refractivity contribution in [3.8, 4) is 5.75 Å². The first-order valence-corrected chi connectivity index (χ1v) is 7.42. The zero-order valence-corrected chi connectivity index (χ0v) is 12.2. The van der Waals surface area contributed by atoms with E-state index >= 15 is 0 Å². The molecule has 0 bridgehead atoms. The van der Waals surface area contributed by atoms with E-state index in [4.69, 9.17) is 10.5 Å². The minimum Gasteiger partial charge on any atom is -0.495 e. The maximum absolute atomic E-state index is 12.7. The van der Waals surface area contributed by atoms with Crippen molar-refractivity contribution in [2.75, 3.05) is 12.0 Å². The van der Waals surface area contributed by atoms with Crippen molar-refractivity contribution in [1.82, 2.24) is 0 Å². The van der Waals surface area contributed by atoms with Crippen molar-refractivity contribution in [3.05, 3.63) is 23.8 Å². The van der Waals surface area contributed by atoms with Crippen LogP contribution in [0.2, 0.25) is 0 Å². The van der Waals surface area contributed by atoms with Gasteiger partial charge < -0.3 is 10.5 Å². The normalized spacial score (nSPS) is 25.1. The van der Waals surface area contributed by atoms with Gasteiger partial charge in [-0.1, -0.05) is 25.0 Å². The van der Waals surface area contributed by atoms with Crippen LogP contribution in [-0.2, 0) is 16.1 Å². The van der Waals surface area contributed by atoms with Crippen LogP contribution in [0.5, 0.6) is 5.75 Å². The Morgan fingerprint density at radius 3 is 2.33 bits per heavy atom. The predicted octanol–water partition coefficient (Wildman–Crippen LogP) is 1.83. The molecule has 5 heteroatoms. The first kappa shape index (κ1) is 14.1. The minimum absolute atomic E-state index is 0.0936. The number of para-hydroxylation sites is 1. The van der Waals surface area contributed by atoms with Gasteiger partial charge >= 0.3 is 0 Å². The van der Waals surface area contributed by atoms with E-state index in [1.54, 1.807) is 6.07 Å². The van der Waals surface area contributed by atoms with Crippen LogP contribution in [0.15, 0.2) is 18.2 Å². The number of ether oxygens (including phenoxy) is 1. The maximum atomic E-state index is 12.7. The molecule has 1 aliphatic carbocycles. The lowest BCUT2D eigenvalue weighted by Gasteiger charge is -2.21. The second-order valence-electron chi connectivity index (χ2n) is 5.68. The number of imide groups is 1. The van der Waals surface area contributed by atoms with Gasteiger partial charge in [-0.25, -0.2) is 4.90 Å². The Bertz CT molecular complexity index is 539. The fourth-order valence-electron chi connectivity index (χ4n) is 3.53. The molecule has 1 saturated carbocycles. The molecule has 0 radical (unpaired) electrons. The third-order valence-electron chi connectivity index (χ3n) is 4.59. The molecular weight excluding hydrogens is 268 g/mol. The van der Waals surface area contributed by atoms with E-state index in [9.17, 15) is 9.59 Å². The summed E-state index contributed by atoms with van der Waals surface area (Å²) in [5, 5.41) is 0. The van der Waals surface area contributed by atoms with Crippen LogP contribution >= 0.6 is 0 Å². The summed E-state index contributed by atoms with van der Waals surface area (Å²) >= 11 is 0. The number of fused-ring (bicyclic) bond motifs is 1. The van der Waals surface area contributed by atoms with E-state index in [2.05, 4.69) is 0 Å². The molecule has 0 aromatic heterocycles. The molecule has 2 amide bonds. The van der Waals surface area contributed by atoms with Crippen molar-refractivity contribution in [1.29, 1.82) is 0 Å². The van der Waals surface area contributed by atoms with Crippen LogP contribution in [0.4, 0.5) is 5.69 Å². The summed E-state index contributed by atoms with van der Waals surface area (Å²) < 4.78 is 5.35. The second kappa shape index (κ2) is 5.48. The topological polar surface area (TPSA) is 72.6 Å². The lowest BCUT2D eigenvalue weighted by Crippen LogP contribution is -2.32. The maximum Gasteiger partial charge on any atom is 0.237 e. The Morgan fingerprint density at radius 2 is 1.81 bits per heavy atom. The summed E-state index contributed by atoms with van der Waals surface area (Å²) in [6, 6.07) is 5.42. The Kier molecular flexibility index (Phi) is 3.68. The molecule has 0 spiro atoms. The number of nitrogens with two attached hydrogens (primary N) is 1. The monoisotopic (exact) mass is 288 g/mol. The van der Waals surface area contributed by atoms with E-state index < -0.39 is 0 Å². The molecule has 1 saturated heterocycles. The summed E-state index contributed by atoms with van der Waals surface area (Å²) in [7, 11) is 1.54. The van der Waals surface area contributed by atoms with Crippen LogP contribution in [0.25, 0.3) is 0 Å². The fourth-order valence-corrected chi connectivity index (χ4v) is 3.53. The Morgan fingerprint density at radius 1 is 1.19 bits per heavy atom. The van der Waals surface area contributed by atoms with Gasteiger partial charge in [0.25, 0.3) is 0 Å². The molecule has 1 heterocycles. The van der Waals surface area contributed by atoms with Crippen LogP contribution in [0.1, 0.15) is 31.2 Å². The summed E-state index contributed by atoms with van der Waals surface area (Å²) in [5.74, 6) is 0.00895. The molecule has 2 N–H and O–H groups in total. The van der Waals surface area contributed by atoms with Crippen molar-refractivity contribution < 1.29 is 14.3 Å². The molecule has 2 atom stereocenters. The van der Waals surface area contributed by atoms with Gasteiger partial charge in [-0.3, -0.25) is 9.59 Å². The lowest BCUT2D eigenvalue weighted by atomic mass is 9.81. The van der Waals surface area contributed by atoms with Gasteiger partial charge in [-0.2, -0.15) is 0 Å². The molecule has 112 valence electrons. The molecule has 5 nitrogen and oxygen atoms in total. The highest BCUT2D eigenvalue weighted by Crippen LogP contribution is 2.43. The van der Waals surface area contributed by atoms with Gasteiger partial charge in [0.15, 0.2) is 0 Å². The van der Waals surface area contributed by atoms with Gasteiger partial charge in [0, 0.05) is 6.54 Å². The van der Waals surface area contributed by atoms with Crippen LogP contribution in [0.3, 0.4) is 0 Å². The number of methoxy groups -OCH3 is 1. The summed E-state index contributed by atoms with van der Waals surface area (Å²) in [6.45, 7) is 0.263. The fraction of sp³-hybridized carbons (Fsp3) is 0.500. The van der Waals surface area contributed by atoms with Crippen molar-refractivity contribution in [3.63, 3.8) is 0 Å². The second-order valence-corrected chi connectivity index (χ2v) is 5.68. The van der Waals surface area contributed by atoms with Crippen molar-refractivity contribution in [2.45, 2.75) is 32.2 Å². The van der Waals surface area contributed by atoms with E-state index in [1.807, 2.05) is 12.1 Å². The van der Waals surface area contributed by atoms with Crippen LogP contribution in [0, 0.1) is 11.8 Å². The van der Waals surface area contributed by atoms with Gasteiger partial charge in [-0.05, 0) is 24.5 Å². The highest BCUT2D eigenvalue weighted by Gasteiger charge is 2.49. The van der Waals surface area contributed by atoms with E-state index in [0.29, 0.717) is 11.4 Å². The van der Waals surface area contributed by atoms with Gasteiger partial charge in [-0.15, -0.1) is 0 Å². The molecule has 2 unspecified atom stereocenters. The van der Waals surface area contributed by atoms with Gasteiger partial charge in [0.05, 0.1) is 24.6 Å². The summed E-state index contributed by atoms with van der Waals surface area (Å²) in [6.07, 6.45) is 3.64. The van der Waals surface area contributed by atoms with E-state index in [1.165, 1.54) is 12.0 Å². The van der Waals surface area contributed by atoms with Crippen LogP contribution < -0.4 is 15.4 Å². The van der Waals surface area contributed by atoms with Crippen molar-refractivity contribution >= 4 is 17.5 Å². The molecule has 3 rings (SSSR count). The third kappa shape index (κ3) is 2.12. The van der Waals surface area contributed by atoms with Crippen LogP contribution in [-0.4, -0.2) is 18.9 Å². The Labute approximate surface area is 124 Å². The highest BCUT2D eigenvalue weighted by atomic mass is 16.5. The number of nitrogens with zero attached hydrogens (tertiary/aromatic N) is 1. The molecule has 1 aliphatic heterocycles. The number of anilines is 1. The SMILES string of the molecule is COc1cccc(CN)c1N1C(=O)C2CCCCC2C1=O. The molecule has 21 heavy (non-hydrogen) atoms. The predicted molar refractivity (Wildman–Crippen MR) is 78.8 cm³/mol. The largest absolute Gasteiger partial charge is 0.495 e. The first-order chi connectivity index (χ1) is 10.2. The zero-order chi connectivity index (χ0) is 15.0. The zero-order valence-electron chi connectivity index (χ0n) is 12.2. The number of benzene rings is 1. The molecule has 1 aromatic carbocycles. The number of hydrogen-bond acceptors (Lipinski definition) is 4. The highest BCUT2D eigenvalue weighted by molar-refractivity contribution is 6.23. The molecule has 1 aromatic rings.